The summed E-state index contributed by atoms with van der Waals surface area (Å²) in [6, 6.07) is 8.14. The summed E-state index contributed by atoms with van der Waals surface area (Å²) in [7, 11) is 0. The van der Waals surface area contributed by atoms with Gasteiger partial charge in [0.2, 0.25) is 5.78 Å². The molecule has 2 atom stereocenters. The first-order chi connectivity index (χ1) is 14.7. The maximum absolute atomic E-state index is 14.3. The zero-order chi connectivity index (χ0) is 22.0. The second-order valence-corrected chi connectivity index (χ2v) is 10.0. The Morgan fingerprint density at radius 1 is 1.16 bits per heavy atom. The molecular weight excluding hydrogens is 397 g/mol. The second-order valence-electron chi connectivity index (χ2n) is 10.0. The van der Waals surface area contributed by atoms with Crippen molar-refractivity contribution in [1.82, 2.24) is 4.57 Å². The van der Waals surface area contributed by atoms with Crippen molar-refractivity contribution in [3.8, 4) is 5.69 Å². The van der Waals surface area contributed by atoms with Crippen LogP contribution in [0.5, 0.6) is 0 Å². The van der Waals surface area contributed by atoms with E-state index in [0.717, 1.165) is 37.8 Å². The van der Waals surface area contributed by atoms with Crippen LogP contribution >= 0.6 is 0 Å². The highest BCUT2D eigenvalue weighted by molar-refractivity contribution is 5.99. The van der Waals surface area contributed by atoms with Crippen LogP contribution in [0.15, 0.2) is 30.3 Å². The van der Waals surface area contributed by atoms with Gasteiger partial charge < -0.3 is 14.4 Å². The molecule has 1 aromatic heterocycles. The number of ketones is 1. The van der Waals surface area contributed by atoms with Gasteiger partial charge in [0.15, 0.2) is 6.61 Å². The summed E-state index contributed by atoms with van der Waals surface area (Å²) in [6.45, 7) is 3.25. The highest BCUT2D eigenvalue weighted by Crippen LogP contribution is 2.62. The molecule has 1 aromatic carbocycles. The molecule has 0 saturated heterocycles. The Labute approximate surface area is 181 Å². The molecular formula is C25H28FNO4. The van der Waals surface area contributed by atoms with Crippen LogP contribution in [-0.2, 0) is 9.53 Å². The van der Waals surface area contributed by atoms with Crippen molar-refractivity contribution in [3.63, 3.8) is 0 Å². The van der Waals surface area contributed by atoms with E-state index in [4.69, 9.17) is 4.74 Å². The predicted octanol–water partition coefficient (Wildman–Crippen LogP) is 4.29. The average molecular weight is 426 g/mol. The number of para-hydroxylation sites is 1. The number of carbonyl (C=O) groups is 2. The lowest BCUT2D eigenvalue weighted by molar-refractivity contribution is -0.195. The van der Waals surface area contributed by atoms with Gasteiger partial charge in [-0.1, -0.05) is 12.1 Å². The lowest BCUT2D eigenvalue weighted by atomic mass is 9.48. The van der Waals surface area contributed by atoms with Gasteiger partial charge in [0.05, 0.1) is 16.7 Å². The van der Waals surface area contributed by atoms with Crippen molar-refractivity contribution in [2.24, 2.45) is 17.3 Å². The van der Waals surface area contributed by atoms with Gasteiger partial charge in [-0.3, -0.25) is 9.59 Å². The number of hydrogen-bond acceptors (Lipinski definition) is 4. The normalized spacial score (nSPS) is 31.1. The SMILES string of the molecule is Cc1cc(C(=O)COC(=O)C23CC4CC(CC(O)(C4)C2)C3)c(C)n1-c1ccccc1F. The molecule has 6 rings (SSSR count). The third-order valence-corrected chi connectivity index (χ3v) is 7.62. The van der Waals surface area contributed by atoms with Crippen molar-refractivity contribution in [2.45, 2.75) is 58.0 Å². The number of benzene rings is 1. The maximum Gasteiger partial charge on any atom is 0.312 e. The Bertz CT molecular complexity index is 1060. The minimum atomic E-state index is -0.752. The van der Waals surface area contributed by atoms with Gasteiger partial charge in [0.1, 0.15) is 5.82 Å². The second kappa shape index (κ2) is 7.02. The largest absolute Gasteiger partial charge is 0.457 e. The molecule has 2 aromatic rings. The summed E-state index contributed by atoms with van der Waals surface area (Å²) < 4.78 is 21.5. The van der Waals surface area contributed by atoms with Gasteiger partial charge in [-0.15, -0.1) is 0 Å². The number of rotatable bonds is 5. The lowest BCUT2D eigenvalue weighted by Crippen LogP contribution is -2.58. The van der Waals surface area contributed by atoms with Gasteiger partial charge in [-0.25, -0.2) is 4.39 Å². The number of hydrogen-bond donors (Lipinski definition) is 1. The molecule has 31 heavy (non-hydrogen) atoms. The fraction of sp³-hybridized carbons (Fsp3) is 0.520. The van der Waals surface area contributed by atoms with E-state index in [-0.39, 0.29) is 24.2 Å². The first-order valence-electron chi connectivity index (χ1n) is 11.1. The van der Waals surface area contributed by atoms with E-state index in [0.29, 0.717) is 35.2 Å². The Morgan fingerprint density at radius 2 is 1.84 bits per heavy atom. The van der Waals surface area contributed by atoms with E-state index < -0.39 is 11.0 Å². The summed E-state index contributed by atoms with van der Waals surface area (Å²) in [6.07, 6.45) is 4.58. The van der Waals surface area contributed by atoms with Crippen LogP contribution in [0.25, 0.3) is 5.69 Å². The molecule has 0 spiro atoms. The number of aromatic nitrogens is 1. The molecule has 6 heteroatoms. The summed E-state index contributed by atoms with van der Waals surface area (Å²) in [4.78, 5) is 26.0. The van der Waals surface area contributed by atoms with Crippen LogP contribution in [-0.4, -0.2) is 33.6 Å². The number of ether oxygens (including phenoxy) is 1. The van der Waals surface area contributed by atoms with Crippen LogP contribution in [0.4, 0.5) is 4.39 Å². The highest BCUT2D eigenvalue weighted by atomic mass is 19.1. The fourth-order valence-corrected chi connectivity index (χ4v) is 6.86. The van der Waals surface area contributed by atoms with Crippen molar-refractivity contribution >= 4 is 11.8 Å². The molecule has 4 saturated carbocycles. The van der Waals surface area contributed by atoms with E-state index in [1.54, 1.807) is 35.8 Å². The molecule has 0 aliphatic heterocycles. The molecule has 4 fully saturated rings. The molecule has 1 N–H and O–H groups in total. The molecule has 4 aliphatic rings. The van der Waals surface area contributed by atoms with Crippen LogP contribution in [0.2, 0.25) is 0 Å². The van der Waals surface area contributed by atoms with Crippen LogP contribution in [0, 0.1) is 36.9 Å². The standard InChI is InChI=1S/C25H28FNO4/c1-15-7-19(16(2)27(15)21-6-4-3-5-20(21)26)22(28)13-31-23(29)24-9-17-8-18(10-24)12-25(30,11-17)14-24/h3-7,17-18,30H,8-14H2,1-2H3. The van der Waals surface area contributed by atoms with E-state index in [2.05, 4.69) is 0 Å². The Hall–Kier alpha value is -2.47. The molecule has 164 valence electrons. The first-order valence-corrected chi connectivity index (χ1v) is 11.1. The molecule has 4 bridgehead atoms. The summed E-state index contributed by atoms with van der Waals surface area (Å²) in [5.41, 5.74) is 0.766. The molecule has 4 aliphatic carbocycles. The van der Waals surface area contributed by atoms with Gasteiger partial charge >= 0.3 is 5.97 Å². The van der Waals surface area contributed by atoms with Crippen LogP contribution in [0.1, 0.15) is 60.3 Å². The van der Waals surface area contributed by atoms with Crippen LogP contribution < -0.4 is 0 Å². The third-order valence-electron chi connectivity index (χ3n) is 7.62. The quantitative estimate of drug-likeness (QED) is 0.573. The number of Topliss-reactive ketones (excluding diaryl/α,β-unsaturated/α-hetero) is 1. The summed E-state index contributed by atoms with van der Waals surface area (Å²) in [5, 5.41) is 10.9. The number of esters is 1. The number of aryl methyl sites for hydroxylation is 1. The smallest absolute Gasteiger partial charge is 0.312 e. The minimum Gasteiger partial charge on any atom is -0.457 e. The molecule has 1 heterocycles. The highest BCUT2D eigenvalue weighted by Gasteiger charge is 2.60. The topological polar surface area (TPSA) is 68.5 Å². The number of aliphatic hydroxyl groups is 1. The van der Waals surface area contributed by atoms with Crippen molar-refractivity contribution in [2.75, 3.05) is 6.61 Å². The fourth-order valence-electron chi connectivity index (χ4n) is 6.86. The molecule has 2 unspecified atom stereocenters. The summed E-state index contributed by atoms with van der Waals surface area (Å²) in [5.74, 6) is -0.276. The van der Waals surface area contributed by atoms with Crippen molar-refractivity contribution in [1.29, 1.82) is 0 Å². The van der Waals surface area contributed by atoms with Gasteiger partial charge in [-0.2, -0.15) is 0 Å². The number of halogens is 1. The third kappa shape index (κ3) is 3.32. The number of nitrogens with zero attached hydrogens (tertiary/aromatic N) is 1. The van der Waals surface area contributed by atoms with E-state index in [1.807, 2.05) is 6.92 Å². The monoisotopic (exact) mass is 425 g/mol. The molecule has 5 nitrogen and oxygen atoms in total. The zero-order valence-electron chi connectivity index (χ0n) is 18.0. The first kappa shape index (κ1) is 20.4. The number of carbonyl (C=O) groups excluding carboxylic acids is 2. The van der Waals surface area contributed by atoms with Gasteiger partial charge in [0.25, 0.3) is 0 Å². The summed E-state index contributed by atoms with van der Waals surface area (Å²) >= 11 is 0. The van der Waals surface area contributed by atoms with Gasteiger partial charge in [0, 0.05) is 17.0 Å². The van der Waals surface area contributed by atoms with Crippen molar-refractivity contribution < 1.29 is 23.8 Å². The van der Waals surface area contributed by atoms with E-state index in [9.17, 15) is 19.1 Å². The predicted molar refractivity (Wildman–Crippen MR) is 113 cm³/mol. The maximum atomic E-state index is 14.3. The molecule has 0 amide bonds. The van der Waals surface area contributed by atoms with Gasteiger partial charge in [-0.05, 0) is 82.4 Å². The average Bonchev–Trinajstić information content (AvgIpc) is 2.98. The molecule has 0 radical (unpaired) electrons. The van der Waals surface area contributed by atoms with E-state index in [1.165, 1.54) is 6.07 Å². The minimum absolute atomic E-state index is 0.299. The Morgan fingerprint density at radius 3 is 2.48 bits per heavy atom. The Kier molecular flexibility index (Phi) is 4.63. The van der Waals surface area contributed by atoms with Crippen molar-refractivity contribution in [3.05, 3.63) is 53.1 Å². The zero-order valence-corrected chi connectivity index (χ0v) is 18.0. The van der Waals surface area contributed by atoms with Crippen LogP contribution in [0.3, 0.4) is 0 Å². The Balaban J connectivity index is 1.32. The lowest BCUT2D eigenvalue weighted by Gasteiger charge is -2.58. The van der Waals surface area contributed by atoms with E-state index >= 15 is 0 Å².